The minimum absolute atomic E-state index is 0.100. The molecule has 7 nitrogen and oxygen atoms in total. The van der Waals surface area contributed by atoms with Gasteiger partial charge in [0.05, 0.1) is 11.7 Å². The van der Waals surface area contributed by atoms with Crippen molar-refractivity contribution in [3.05, 3.63) is 29.7 Å². The normalized spacial score (nSPS) is 17.9. The number of hydrogen-bond donors (Lipinski definition) is 0. The third-order valence-corrected chi connectivity index (χ3v) is 5.04. The van der Waals surface area contributed by atoms with Crippen LogP contribution in [0.15, 0.2) is 21.9 Å². The molecule has 1 fully saturated rings. The molecule has 134 valence electrons. The molecule has 0 saturated carbocycles. The van der Waals surface area contributed by atoms with Gasteiger partial charge in [0.2, 0.25) is 11.8 Å². The van der Waals surface area contributed by atoms with Crippen molar-refractivity contribution in [3.8, 4) is 0 Å². The predicted molar refractivity (Wildman–Crippen MR) is 94.4 cm³/mol. The van der Waals surface area contributed by atoms with Gasteiger partial charge in [0, 0.05) is 30.9 Å². The van der Waals surface area contributed by atoms with Gasteiger partial charge >= 0.3 is 0 Å². The van der Waals surface area contributed by atoms with Gasteiger partial charge in [-0.05, 0) is 25.8 Å². The smallest absolute Gasteiger partial charge is 0.233 e. The number of rotatable bonds is 5. The quantitative estimate of drug-likeness (QED) is 0.598. The zero-order valence-electron chi connectivity index (χ0n) is 14.8. The summed E-state index contributed by atoms with van der Waals surface area (Å²) in [7, 11) is 0. The summed E-state index contributed by atoms with van der Waals surface area (Å²) in [6.45, 7) is 7.40. The van der Waals surface area contributed by atoms with Crippen LogP contribution >= 0.6 is 11.8 Å². The lowest BCUT2D eigenvalue weighted by Gasteiger charge is -2.30. The van der Waals surface area contributed by atoms with E-state index < -0.39 is 0 Å². The molecule has 0 bridgehead atoms. The first-order valence-electron chi connectivity index (χ1n) is 8.56. The van der Waals surface area contributed by atoms with Crippen molar-refractivity contribution in [1.29, 1.82) is 0 Å². The van der Waals surface area contributed by atoms with Crippen LogP contribution in [-0.4, -0.2) is 49.8 Å². The minimum atomic E-state index is 0.100. The molecule has 1 saturated heterocycles. The molecule has 1 unspecified atom stereocenters. The summed E-state index contributed by atoms with van der Waals surface area (Å²) in [6.07, 6.45) is 3.63. The van der Waals surface area contributed by atoms with Gasteiger partial charge in [-0.25, -0.2) is 9.97 Å². The first-order valence-corrected chi connectivity index (χ1v) is 9.55. The lowest BCUT2D eigenvalue weighted by atomic mass is 9.98. The third-order valence-electron chi connectivity index (χ3n) is 4.19. The Hall–Kier alpha value is -1.96. The van der Waals surface area contributed by atoms with E-state index in [1.54, 1.807) is 6.20 Å². The molecule has 25 heavy (non-hydrogen) atoms. The van der Waals surface area contributed by atoms with E-state index in [0.29, 0.717) is 23.3 Å². The molecule has 3 heterocycles. The van der Waals surface area contributed by atoms with E-state index in [1.165, 1.54) is 11.8 Å². The molecular weight excluding hydrogens is 338 g/mol. The SMILES string of the molecule is Cc1ccnc(SCC(=O)N2CCCC(c3nc(C(C)C)no3)C2)n1. The molecule has 0 radical (unpaired) electrons. The molecule has 2 aromatic rings. The van der Waals surface area contributed by atoms with Crippen LogP contribution in [0, 0.1) is 6.92 Å². The van der Waals surface area contributed by atoms with Crippen LogP contribution < -0.4 is 0 Å². The fourth-order valence-electron chi connectivity index (χ4n) is 2.77. The molecule has 0 aliphatic carbocycles. The van der Waals surface area contributed by atoms with E-state index in [1.807, 2.05) is 31.7 Å². The number of thioether (sulfide) groups is 1. The monoisotopic (exact) mass is 361 g/mol. The molecule has 1 atom stereocenters. The number of nitrogens with zero attached hydrogens (tertiary/aromatic N) is 5. The molecule has 1 amide bonds. The molecule has 8 heteroatoms. The van der Waals surface area contributed by atoms with Crippen LogP contribution in [-0.2, 0) is 4.79 Å². The Bertz CT molecular complexity index is 733. The van der Waals surface area contributed by atoms with Crippen LogP contribution in [0.1, 0.15) is 55.9 Å². The number of aromatic nitrogens is 4. The maximum atomic E-state index is 12.5. The Labute approximate surface area is 151 Å². The second kappa shape index (κ2) is 7.95. The van der Waals surface area contributed by atoms with Gasteiger partial charge in [-0.3, -0.25) is 4.79 Å². The molecule has 0 spiro atoms. The van der Waals surface area contributed by atoms with Crippen LogP contribution in [0.2, 0.25) is 0 Å². The van der Waals surface area contributed by atoms with Gasteiger partial charge in [0.1, 0.15) is 0 Å². The summed E-state index contributed by atoms with van der Waals surface area (Å²) in [5, 5.41) is 4.67. The number of amides is 1. The summed E-state index contributed by atoms with van der Waals surface area (Å²) in [6, 6.07) is 1.84. The summed E-state index contributed by atoms with van der Waals surface area (Å²) < 4.78 is 5.41. The Morgan fingerprint density at radius 1 is 1.44 bits per heavy atom. The summed E-state index contributed by atoms with van der Waals surface area (Å²) in [5.41, 5.74) is 0.903. The lowest BCUT2D eigenvalue weighted by Crippen LogP contribution is -2.40. The standard InChI is InChI=1S/C17H23N5O2S/c1-11(2)15-20-16(24-21-15)13-5-4-8-22(9-13)14(23)10-25-17-18-7-6-12(3)19-17/h6-7,11,13H,4-5,8-10H2,1-3H3. The van der Waals surface area contributed by atoms with Gasteiger partial charge in [0.15, 0.2) is 11.0 Å². The van der Waals surface area contributed by atoms with Crippen molar-refractivity contribution in [2.24, 2.45) is 0 Å². The average molecular weight is 361 g/mol. The fraction of sp³-hybridized carbons (Fsp3) is 0.588. The fourth-order valence-corrected chi connectivity index (χ4v) is 3.54. The van der Waals surface area contributed by atoms with Crippen molar-refractivity contribution in [2.45, 2.75) is 50.6 Å². The van der Waals surface area contributed by atoms with Gasteiger partial charge < -0.3 is 9.42 Å². The van der Waals surface area contributed by atoms with E-state index in [0.717, 1.165) is 30.9 Å². The minimum Gasteiger partial charge on any atom is -0.341 e. The average Bonchev–Trinajstić information content (AvgIpc) is 3.10. The maximum absolute atomic E-state index is 12.5. The van der Waals surface area contributed by atoms with Crippen LogP contribution in [0.5, 0.6) is 0 Å². The Morgan fingerprint density at radius 2 is 2.28 bits per heavy atom. The van der Waals surface area contributed by atoms with Crippen LogP contribution in [0.4, 0.5) is 0 Å². The molecule has 0 aromatic carbocycles. The van der Waals surface area contributed by atoms with Gasteiger partial charge in [-0.1, -0.05) is 30.8 Å². The Balaban J connectivity index is 1.57. The van der Waals surface area contributed by atoms with Gasteiger partial charge in [0.25, 0.3) is 0 Å². The van der Waals surface area contributed by atoms with Crippen molar-refractivity contribution < 1.29 is 9.32 Å². The maximum Gasteiger partial charge on any atom is 0.233 e. The highest BCUT2D eigenvalue weighted by molar-refractivity contribution is 7.99. The summed E-state index contributed by atoms with van der Waals surface area (Å²) >= 11 is 1.38. The first-order chi connectivity index (χ1) is 12.0. The number of likely N-dealkylation sites (tertiary alicyclic amines) is 1. The molecule has 0 N–H and O–H groups in total. The van der Waals surface area contributed by atoms with Crippen molar-refractivity contribution in [1.82, 2.24) is 25.0 Å². The molecular formula is C17H23N5O2S. The van der Waals surface area contributed by atoms with Crippen molar-refractivity contribution in [2.75, 3.05) is 18.8 Å². The van der Waals surface area contributed by atoms with Gasteiger partial charge in [-0.15, -0.1) is 0 Å². The summed E-state index contributed by atoms with van der Waals surface area (Å²) in [5.74, 6) is 2.18. The molecule has 3 rings (SSSR count). The molecule has 1 aliphatic heterocycles. The van der Waals surface area contributed by atoms with Crippen molar-refractivity contribution in [3.63, 3.8) is 0 Å². The van der Waals surface area contributed by atoms with Crippen LogP contribution in [0.25, 0.3) is 0 Å². The number of aryl methyl sites for hydroxylation is 1. The largest absolute Gasteiger partial charge is 0.341 e. The highest BCUT2D eigenvalue weighted by Crippen LogP contribution is 2.27. The zero-order chi connectivity index (χ0) is 17.8. The van der Waals surface area contributed by atoms with E-state index in [9.17, 15) is 4.79 Å². The first kappa shape index (κ1) is 17.8. The predicted octanol–water partition coefficient (Wildman–Crippen LogP) is 2.79. The Morgan fingerprint density at radius 3 is 3.00 bits per heavy atom. The molecule has 2 aromatic heterocycles. The van der Waals surface area contributed by atoms with E-state index in [-0.39, 0.29) is 17.7 Å². The van der Waals surface area contributed by atoms with E-state index >= 15 is 0 Å². The van der Waals surface area contributed by atoms with Crippen LogP contribution in [0.3, 0.4) is 0 Å². The second-order valence-electron chi connectivity index (χ2n) is 6.59. The second-order valence-corrected chi connectivity index (χ2v) is 7.54. The Kier molecular flexibility index (Phi) is 5.67. The highest BCUT2D eigenvalue weighted by Gasteiger charge is 2.28. The third kappa shape index (κ3) is 4.56. The van der Waals surface area contributed by atoms with E-state index in [2.05, 4.69) is 20.1 Å². The summed E-state index contributed by atoms with van der Waals surface area (Å²) in [4.78, 5) is 27.4. The number of hydrogen-bond acceptors (Lipinski definition) is 7. The topological polar surface area (TPSA) is 85.0 Å². The van der Waals surface area contributed by atoms with Gasteiger partial charge in [-0.2, -0.15) is 4.98 Å². The molecule has 1 aliphatic rings. The highest BCUT2D eigenvalue weighted by atomic mass is 32.2. The zero-order valence-corrected chi connectivity index (χ0v) is 15.6. The van der Waals surface area contributed by atoms with E-state index in [4.69, 9.17) is 4.52 Å². The number of piperidine rings is 1. The number of carbonyl (C=O) groups excluding carboxylic acids is 1. The van der Waals surface area contributed by atoms with Crippen molar-refractivity contribution >= 4 is 17.7 Å². The lowest BCUT2D eigenvalue weighted by molar-refractivity contribution is -0.129. The number of carbonyl (C=O) groups is 1.